The van der Waals surface area contributed by atoms with E-state index in [1.165, 1.54) is 186 Å². The van der Waals surface area contributed by atoms with Gasteiger partial charge in [0.05, 0.1) is 25.4 Å². The Balaban J connectivity index is 2.61. The molecule has 0 aromatic carbocycles. The Hall–Kier alpha value is -2.12. The number of nitrogens with one attached hydrogen (secondary N) is 1. The first kappa shape index (κ1) is 73.9. The SMILES string of the molecule is CCCCC/C=C/C=C/CCCCCCCCC(=O)OC1C(OCC(NC(=O)C(O)CCCCCCCCCCCCCCCCCCCCCCCC)C(O)/C=C/CCCCCCCCCCCC)OC(CO)C(O)C1O. The quantitative estimate of drug-likeness (QED) is 0.0149. The van der Waals surface area contributed by atoms with Crippen LogP contribution < -0.4 is 5.32 Å². The molecule has 458 valence electrons. The van der Waals surface area contributed by atoms with E-state index in [9.17, 15) is 35.1 Å². The van der Waals surface area contributed by atoms with Crippen molar-refractivity contribution in [3.63, 3.8) is 0 Å². The van der Waals surface area contributed by atoms with Gasteiger partial charge < -0.3 is 45.1 Å². The highest BCUT2D eigenvalue weighted by Gasteiger charge is 2.47. The summed E-state index contributed by atoms with van der Waals surface area (Å²) in [6.07, 6.45) is 56.2. The number of carbonyl (C=O) groups is 2. The second kappa shape index (κ2) is 55.4. The molecule has 1 amide bonds. The molecule has 8 unspecified atom stereocenters. The molecular weight excluding hydrogens is 979 g/mol. The number of aliphatic hydroxyl groups is 5. The van der Waals surface area contributed by atoms with E-state index in [1.807, 2.05) is 6.08 Å². The summed E-state index contributed by atoms with van der Waals surface area (Å²) in [7, 11) is 0. The van der Waals surface area contributed by atoms with Crippen LogP contribution in [-0.2, 0) is 23.8 Å². The third-order valence-corrected chi connectivity index (χ3v) is 15.8. The van der Waals surface area contributed by atoms with E-state index < -0.39 is 67.4 Å². The summed E-state index contributed by atoms with van der Waals surface area (Å²) in [4.78, 5) is 26.6. The van der Waals surface area contributed by atoms with Crippen LogP contribution in [0, 0.1) is 0 Å². The standard InChI is InChI=1S/C67H125NO10/c1-4-7-10-13-16-19-22-25-27-28-29-30-31-32-33-35-36-39-42-45-48-51-54-60(71)66(75)68-58(59(70)53-50-47-44-41-38-24-21-18-15-12-9-6-3)57-76-67-65(64(74)63(73)61(56-69)77-67)78-62(72)55-52-49-46-43-40-37-34-26-23-20-17-14-11-8-5-2/h17,20,23,26,50,53,58-61,63-65,67,69-71,73-74H,4-16,18-19,21-22,24-25,27-49,51-52,54-57H2,1-3H3,(H,68,75)/b20-17+,26-23+,53-50+. The molecule has 11 heteroatoms. The van der Waals surface area contributed by atoms with Gasteiger partial charge >= 0.3 is 5.97 Å². The third-order valence-electron chi connectivity index (χ3n) is 15.8. The van der Waals surface area contributed by atoms with Crippen LogP contribution in [0.1, 0.15) is 316 Å². The molecule has 1 aliphatic heterocycles. The summed E-state index contributed by atoms with van der Waals surface area (Å²) < 4.78 is 17.6. The predicted molar refractivity (Wildman–Crippen MR) is 324 cm³/mol. The van der Waals surface area contributed by atoms with Crippen molar-refractivity contribution in [1.82, 2.24) is 5.32 Å². The first-order chi connectivity index (χ1) is 38.2. The van der Waals surface area contributed by atoms with Crippen molar-refractivity contribution >= 4 is 11.9 Å². The molecule has 1 saturated heterocycles. The lowest BCUT2D eigenvalue weighted by Gasteiger charge is -2.41. The Morgan fingerprint density at radius 1 is 0.500 bits per heavy atom. The van der Waals surface area contributed by atoms with Gasteiger partial charge in [-0.3, -0.25) is 9.59 Å². The fraction of sp³-hybridized carbons (Fsp3) is 0.881. The number of carbonyl (C=O) groups excluding carboxylic acids is 2. The van der Waals surface area contributed by atoms with Crippen molar-refractivity contribution in [3.05, 3.63) is 36.5 Å². The van der Waals surface area contributed by atoms with E-state index in [1.54, 1.807) is 6.08 Å². The van der Waals surface area contributed by atoms with Crippen molar-refractivity contribution in [2.45, 2.75) is 365 Å². The highest BCUT2D eigenvalue weighted by Crippen LogP contribution is 2.26. The van der Waals surface area contributed by atoms with Crippen LogP contribution in [0.25, 0.3) is 0 Å². The number of aliphatic hydroxyl groups excluding tert-OH is 5. The number of unbranched alkanes of at least 4 members (excludes halogenated alkanes) is 40. The van der Waals surface area contributed by atoms with E-state index in [0.29, 0.717) is 19.3 Å². The number of allylic oxidation sites excluding steroid dienone is 5. The van der Waals surface area contributed by atoms with Gasteiger partial charge in [0, 0.05) is 6.42 Å². The van der Waals surface area contributed by atoms with Gasteiger partial charge in [0.2, 0.25) is 5.91 Å². The molecule has 1 rings (SSSR count). The molecule has 0 spiro atoms. The van der Waals surface area contributed by atoms with Gasteiger partial charge in [-0.2, -0.15) is 0 Å². The number of hydrogen-bond donors (Lipinski definition) is 6. The van der Waals surface area contributed by atoms with Gasteiger partial charge in [-0.05, 0) is 51.4 Å². The fourth-order valence-electron chi connectivity index (χ4n) is 10.5. The van der Waals surface area contributed by atoms with Crippen LogP contribution in [0.3, 0.4) is 0 Å². The summed E-state index contributed by atoms with van der Waals surface area (Å²) in [6, 6.07) is -1.02. The maximum Gasteiger partial charge on any atom is 0.306 e. The Kier molecular flexibility index (Phi) is 52.5. The topological polar surface area (TPSA) is 175 Å². The normalized spacial score (nSPS) is 19.1. The second-order valence-electron chi connectivity index (χ2n) is 23.2. The first-order valence-electron chi connectivity index (χ1n) is 33.3. The van der Waals surface area contributed by atoms with Crippen molar-refractivity contribution in [1.29, 1.82) is 0 Å². The molecule has 1 aliphatic rings. The fourth-order valence-corrected chi connectivity index (χ4v) is 10.5. The number of esters is 1. The number of ether oxygens (including phenoxy) is 3. The molecule has 0 aromatic rings. The predicted octanol–water partition coefficient (Wildman–Crippen LogP) is 16.2. The Morgan fingerprint density at radius 3 is 1.31 bits per heavy atom. The molecule has 78 heavy (non-hydrogen) atoms. The molecule has 1 heterocycles. The maximum absolute atomic E-state index is 13.5. The molecule has 0 radical (unpaired) electrons. The smallest absolute Gasteiger partial charge is 0.306 e. The molecule has 0 aliphatic carbocycles. The number of hydrogen-bond acceptors (Lipinski definition) is 10. The molecule has 0 saturated carbocycles. The number of rotatable bonds is 57. The summed E-state index contributed by atoms with van der Waals surface area (Å²) in [5, 5.41) is 57.1. The first-order valence-corrected chi connectivity index (χ1v) is 33.3. The minimum atomic E-state index is -1.62. The zero-order valence-corrected chi connectivity index (χ0v) is 50.8. The highest BCUT2D eigenvalue weighted by molar-refractivity contribution is 5.80. The van der Waals surface area contributed by atoms with E-state index in [0.717, 1.165) is 83.5 Å². The average Bonchev–Trinajstić information content (AvgIpc) is 3.45. The van der Waals surface area contributed by atoms with Crippen LogP contribution in [0.2, 0.25) is 0 Å². The zero-order chi connectivity index (χ0) is 56.8. The van der Waals surface area contributed by atoms with Gasteiger partial charge in [-0.15, -0.1) is 0 Å². The lowest BCUT2D eigenvalue weighted by Crippen LogP contribution is -2.61. The summed E-state index contributed by atoms with van der Waals surface area (Å²) >= 11 is 0. The molecular formula is C67H125NO10. The van der Waals surface area contributed by atoms with Crippen molar-refractivity contribution < 1.29 is 49.3 Å². The molecule has 11 nitrogen and oxygen atoms in total. The second-order valence-corrected chi connectivity index (χ2v) is 23.2. The molecule has 6 N–H and O–H groups in total. The van der Waals surface area contributed by atoms with E-state index >= 15 is 0 Å². The van der Waals surface area contributed by atoms with E-state index in [4.69, 9.17) is 14.2 Å². The maximum atomic E-state index is 13.5. The Labute approximate surface area is 479 Å². The van der Waals surface area contributed by atoms with Crippen molar-refractivity contribution in [2.24, 2.45) is 0 Å². The minimum Gasteiger partial charge on any atom is -0.454 e. The van der Waals surface area contributed by atoms with Crippen LogP contribution in [0.4, 0.5) is 0 Å². The minimum absolute atomic E-state index is 0.113. The van der Waals surface area contributed by atoms with Gasteiger partial charge in [0.15, 0.2) is 12.4 Å². The van der Waals surface area contributed by atoms with Crippen LogP contribution >= 0.6 is 0 Å². The van der Waals surface area contributed by atoms with Gasteiger partial charge in [-0.1, -0.05) is 295 Å². The Bertz CT molecular complexity index is 1410. The lowest BCUT2D eigenvalue weighted by atomic mass is 9.99. The monoisotopic (exact) mass is 1100 g/mol. The highest BCUT2D eigenvalue weighted by atomic mass is 16.7. The van der Waals surface area contributed by atoms with E-state index in [-0.39, 0.29) is 13.0 Å². The number of amides is 1. The lowest BCUT2D eigenvalue weighted by molar-refractivity contribution is -0.305. The summed E-state index contributed by atoms with van der Waals surface area (Å²) in [5.41, 5.74) is 0. The van der Waals surface area contributed by atoms with Crippen LogP contribution in [0.5, 0.6) is 0 Å². The van der Waals surface area contributed by atoms with Gasteiger partial charge in [-0.25, -0.2) is 0 Å². The molecule has 1 fully saturated rings. The van der Waals surface area contributed by atoms with Gasteiger partial charge in [0.1, 0.15) is 24.4 Å². The summed E-state index contributed by atoms with van der Waals surface area (Å²) in [5.74, 6) is -1.19. The molecule has 0 aromatic heterocycles. The van der Waals surface area contributed by atoms with Crippen molar-refractivity contribution in [3.8, 4) is 0 Å². The largest absolute Gasteiger partial charge is 0.454 e. The average molecular weight is 1100 g/mol. The van der Waals surface area contributed by atoms with E-state index in [2.05, 4.69) is 50.4 Å². The summed E-state index contributed by atoms with van der Waals surface area (Å²) in [6.45, 7) is 5.79. The van der Waals surface area contributed by atoms with Crippen LogP contribution in [0.15, 0.2) is 36.5 Å². The molecule has 8 atom stereocenters. The van der Waals surface area contributed by atoms with Gasteiger partial charge in [0.25, 0.3) is 0 Å². The third kappa shape index (κ3) is 42.7. The van der Waals surface area contributed by atoms with Crippen molar-refractivity contribution in [2.75, 3.05) is 13.2 Å². The Morgan fingerprint density at radius 2 is 0.872 bits per heavy atom. The molecule has 0 bridgehead atoms. The zero-order valence-electron chi connectivity index (χ0n) is 50.8. The van der Waals surface area contributed by atoms with Crippen LogP contribution in [-0.4, -0.2) is 99.6 Å².